The zero-order valence-electron chi connectivity index (χ0n) is 13.3. The molecule has 1 heterocycles. The molecule has 0 aliphatic carbocycles. The molecule has 3 rings (SSSR count). The lowest BCUT2D eigenvalue weighted by atomic mass is 9.97. The average Bonchev–Trinajstić information content (AvgIpc) is 2.60. The van der Waals surface area contributed by atoms with Gasteiger partial charge in [-0.15, -0.1) is 0 Å². The van der Waals surface area contributed by atoms with E-state index in [0.29, 0.717) is 28.1 Å². The Bertz CT molecular complexity index is 707. The summed E-state index contributed by atoms with van der Waals surface area (Å²) in [5.41, 5.74) is 2.33. The zero-order valence-corrected chi connectivity index (χ0v) is 14.8. The molecule has 0 bridgehead atoms. The molecule has 1 fully saturated rings. The first kappa shape index (κ1) is 17.3. The number of carbonyl (C=O) groups is 1. The lowest BCUT2D eigenvalue weighted by Crippen LogP contribution is -2.36. The van der Waals surface area contributed by atoms with Crippen molar-refractivity contribution in [2.75, 3.05) is 19.6 Å². The van der Waals surface area contributed by atoms with Gasteiger partial charge in [0.2, 0.25) is 0 Å². The molecule has 0 radical (unpaired) electrons. The Labute approximate surface area is 152 Å². The molecular weight excluding hydrogens is 343 g/mol. The van der Waals surface area contributed by atoms with Crippen LogP contribution in [0, 0.1) is 5.92 Å². The van der Waals surface area contributed by atoms with E-state index in [1.165, 1.54) is 0 Å². The Morgan fingerprint density at radius 2 is 1.75 bits per heavy atom. The van der Waals surface area contributed by atoms with Gasteiger partial charge in [0.15, 0.2) is 0 Å². The van der Waals surface area contributed by atoms with Crippen LogP contribution in [0.3, 0.4) is 0 Å². The van der Waals surface area contributed by atoms with E-state index in [1.54, 1.807) is 6.07 Å². The minimum absolute atomic E-state index is 0.0553. The highest BCUT2D eigenvalue weighted by Gasteiger charge is 2.17. The zero-order chi connectivity index (χ0) is 16.9. The topological polar surface area (TPSA) is 41.1 Å². The molecule has 0 saturated carbocycles. The fourth-order valence-electron chi connectivity index (χ4n) is 3.06. The minimum Gasteiger partial charge on any atom is -0.352 e. The number of amides is 1. The van der Waals surface area contributed by atoms with Gasteiger partial charge in [-0.05, 0) is 67.2 Å². The first-order valence-electron chi connectivity index (χ1n) is 8.18. The molecule has 2 aromatic rings. The Balaban J connectivity index is 1.79. The monoisotopic (exact) mass is 362 g/mol. The largest absolute Gasteiger partial charge is 0.352 e. The number of hydrogen-bond donors (Lipinski definition) is 2. The summed E-state index contributed by atoms with van der Waals surface area (Å²) in [5.74, 6) is 0.489. The molecule has 5 heteroatoms. The van der Waals surface area contributed by atoms with E-state index in [4.69, 9.17) is 23.2 Å². The van der Waals surface area contributed by atoms with E-state index in [9.17, 15) is 4.79 Å². The summed E-state index contributed by atoms with van der Waals surface area (Å²) in [6, 6.07) is 12.9. The Kier molecular flexibility index (Phi) is 5.77. The van der Waals surface area contributed by atoms with Gasteiger partial charge in [-0.25, -0.2) is 0 Å². The third kappa shape index (κ3) is 4.29. The van der Waals surface area contributed by atoms with Crippen molar-refractivity contribution in [1.29, 1.82) is 0 Å². The highest BCUT2D eigenvalue weighted by atomic mass is 35.5. The summed E-state index contributed by atoms with van der Waals surface area (Å²) < 4.78 is 0. The van der Waals surface area contributed by atoms with Crippen LogP contribution in [0.5, 0.6) is 0 Å². The van der Waals surface area contributed by atoms with Crippen molar-refractivity contribution in [2.24, 2.45) is 5.92 Å². The van der Waals surface area contributed by atoms with Crippen molar-refractivity contribution in [3.05, 3.63) is 58.1 Å². The number of hydrogen-bond acceptors (Lipinski definition) is 2. The van der Waals surface area contributed by atoms with Crippen LogP contribution < -0.4 is 10.6 Å². The fourth-order valence-corrected chi connectivity index (χ4v) is 3.59. The van der Waals surface area contributed by atoms with Crippen molar-refractivity contribution in [3.63, 3.8) is 0 Å². The Morgan fingerprint density at radius 3 is 2.46 bits per heavy atom. The van der Waals surface area contributed by atoms with E-state index >= 15 is 0 Å². The highest BCUT2D eigenvalue weighted by Crippen LogP contribution is 2.29. The van der Waals surface area contributed by atoms with E-state index in [-0.39, 0.29) is 5.91 Å². The first-order valence-corrected chi connectivity index (χ1v) is 8.93. The van der Waals surface area contributed by atoms with Crippen LogP contribution in [0.1, 0.15) is 23.2 Å². The fraction of sp³-hybridized carbons (Fsp3) is 0.316. The van der Waals surface area contributed by atoms with Gasteiger partial charge in [-0.2, -0.15) is 0 Å². The summed E-state index contributed by atoms with van der Waals surface area (Å²) in [7, 11) is 0. The predicted molar refractivity (Wildman–Crippen MR) is 99.8 cm³/mol. The lowest BCUT2D eigenvalue weighted by molar-refractivity contribution is 0.0945. The molecule has 2 N–H and O–H groups in total. The van der Waals surface area contributed by atoms with Crippen molar-refractivity contribution in [2.45, 2.75) is 12.8 Å². The van der Waals surface area contributed by atoms with Crippen molar-refractivity contribution in [1.82, 2.24) is 10.6 Å². The van der Waals surface area contributed by atoms with Crippen LogP contribution in [0.25, 0.3) is 11.1 Å². The summed E-state index contributed by atoms with van der Waals surface area (Å²) in [6.45, 7) is 2.77. The van der Waals surface area contributed by atoms with E-state index in [1.807, 2.05) is 36.4 Å². The van der Waals surface area contributed by atoms with Gasteiger partial charge in [0.1, 0.15) is 0 Å². The van der Waals surface area contributed by atoms with Gasteiger partial charge in [0.05, 0.1) is 0 Å². The maximum absolute atomic E-state index is 12.7. The van der Waals surface area contributed by atoms with Gasteiger partial charge < -0.3 is 10.6 Å². The molecule has 1 amide bonds. The average molecular weight is 363 g/mol. The molecule has 1 saturated heterocycles. The minimum atomic E-state index is -0.0553. The molecule has 126 valence electrons. The molecule has 0 spiro atoms. The summed E-state index contributed by atoms with van der Waals surface area (Å²) in [5, 5.41) is 7.53. The Hall–Kier alpha value is -1.55. The third-order valence-corrected chi connectivity index (χ3v) is 4.79. The summed E-state index contributed by atoms with van der Waals surface area (Å²) >= 11 is 12.2. The van der Waals surface area contributed by atoms with Crippen LogP contribution in [0.4, 0.5) is 0 Å². The quantitative estimate of drug-likeness (QED) is 0.846. The number of piperidine rings is 1. The normalized spacial score (nSPS) is 15.2. The highest BCUT2D eigenvalue weighted by molar-refractivity contribution is 6.35. The Morgan fingerprint density at radius 1 is 1.08 bits per heavy atom. The van der Waals surface area contributed by atoms with Gasteiger partial charge >= 0.3 is 0 Å². The molecule has 2 aromatic carbocycles. The number of carbonyl (C=O) groups excluding carboxylic acids is 1. The van der Waals surface area contributed by atoms with Crippen LogP contribution in [-0.2, 0) is 0 Å². The van der Waals surface area contributed by atoms with Crippen LogP contribution in [-0.4, -0.2) is 25.5 Å². The molecule has 1 aliphatic heterocycles. The molecule has 0 unspecified atom stereocenters. The second kappa shape index (κ2) is 8.02. The van der Waals surface area contributed by atoms with Gasteiger partial charge in [-0.3, -0.25) is 4.79 Å². The lowest BCUT2D eigenvalue weighted by Gasteiger charge is -2.23. The van der Waals surface area contributed by atoms with E-state index < -0.39 is 0 Å². The first-order chi connectivity index (χ1) is 11.6. The van der Waals surface area contributed by atoms with E-state index in [0.717, 1.165) is 37.1 Å². The maximum atomic E-state index is 12.7. The third-order valence-electron chi connectivity index (χ3n) is 4.36. The SMILES string of the molecule is O=C(NCC1CCNCC1)c1ccccc1-c1cc(Cl)cc(Cl)c1. The smallest absolute Gasteiger partial charge is 0.251 e. The standard InChI is InChI=1S/C19H20Cl2N2O/c20-15-9-14(10-16(21)11-15)17-3-1-2-4-18(17)19(24)23-12-13-5-7-22-8-6-13/h1-4,9-11,13,22H,5-8,12H2,(H,23,24). The van der Waals surface area contributed by atoms with Crippen LogP contribution >= 0.6 is 23.2 Å². The molecule has 24 heavy (non-hydrogen) atoms. The van der Waals surface area contributed by atoms with Crippen LogP contribution in [0.2, 0.25) is 10.0 Å². The van der Waals surface area contributed by atoms with Gasteiger partial charge in [-0.1, -0.05) is 41.4 Å². The second-order valence-electron chi connectivity index (χ2n) is 6.11. The maximum Gasteiger partial charge on any atom is 0.251 e. The summed E-state index contributed by atoms with van der Waals surface area (Å²) in [6.07, 6.45) is 2.21. The molecule has 3 nitrogen and oxygen atoms in total. The van der Waals surface area contributed by atoms with Crippen molar-refractivity contribution in [3.8, 4) is 11.1 Å². The molecular formula is C19H20Cl2N2O. The van der Waals surface area contributed by atoms with E-state index in [2.05, 4.69) is 10.6 Å². The molecule has 1 aliphatic rings. The molecule has 0 aromatic heterocycles. The number of rotatable bonds is 4. The number of nitrogens with one attached hydrogen (secondary N) is 2. The van der Waals surface area contributed by atoms with Gasteiger partial charge in [0.25, 0.3) is 5.91 Å². The van der Waals surface area contributed by atoms with Gasteiger partial charge in [0, 0.05) is 22.2 Å². The number of benzene rings is 2. The number of halogens is 2. The predicted octanol–water partition coefficient (Wildman–Crippen LogP) is 4.39. The second-order valence-corrected chi connectivity index (χ2v) is 6.98. The molecule has 0 atom stereocenters. The van der Waals surface area contributed by atoms with Crippen molar-refractivity contribution < 1.29 is 4.79 Å². The summed E-state index contributed by atoms with van der Waals surface area (Å²) in [4.78, 5) is 12.7. The van der Waals surface area contributed by atoms with Crippen molar-refractivity contribution >= 4 is 29.1 Å². The van der Waals surface area contributed by atoms with Crippen LogP contribution in [0.15, 0.2) is 42.5 Å².